The summed E-state index contributed by atoms with van der Waals surface area (Å²) in [4.78, 5) is 29.1. The molecule has 0 aliphatic carbocycles. The predicted octanol–water partition coefficient (Wildman–Crippen LogP) is 4.80. The summed E-state index contributed by atoms with van der Waals surface area (Å²) in [7, 11) is 1.62. The minimum Gasteiger partial charge on any atom is -0.497 e. The molecule has 1 aliphatic heterocycles. The third-order valence-electron chi connectivity index (χ3n) is 5.16. The number of thioether (sulfide) groups is 1. The van der Waals surface area contributed by atoms with Crippen LogP contribution in [0.3, 0.4) is 0 Å². The van der Waals surface area contributed by atoms with Crippen molar-refractivity contribution in [2.45, 2.75) is 18.4 Å². The number of aryl methyl sites for hydroxylation is 1. The first kappa shape index (κ1) is 21.7. The third-order valence-corrected chi connectivity index (χ3v) is 6.23. The average Bonchev–Trinajstić information content (AvgIpc) is 2.82. The fourth-order valence-electron chi connectivity index (χ4n) is 3.38. The number of amides is 2. The Hall–Kier alpha value is -3.51. The third kappa shape index (κ3) is 5.03. The van der Waals surface area contributed by atoms with Crippen molar-refractivity contribution in [3.63, 3.8) is 0 Å². The minimum atomic E-state index is -0.204. The molecule has 32 heavy (non-hydrogen) atoms. The number of benzene rings is 3. The van der Waals surface area contributed by atoms with Crippen LogP contribution >= 0.6 is 11.8 Å². The highest BCUT2D eigenvalue weighted by atomic mass is 32.2. The van der Waals surface area contributed by atoms with Crippen molar-refractivity contribution in [3.8, 4) is 5.75 Å². The monoisotopic (exact) mass is 444 g/mol. The quantitative estimate of drug-likeness (QED) is 0.555. The van der Waals surface area contributed by atoms with Crippen molar-refractivity contribution in [1.82, 2.24) is 5.32 Å². The number of carbonyl (C=O) groups excluding carboxylic acids is 2. The van der Waals surface area contributed by atoms with Crippen molar-refractivity contribution >= 4 is 35.3 Å². The van der Waals surface area contributed by atoms with E-state index in [0.717, 1.165) is 27.5 Å². The van der Waals surface area contributed by atoms with E-state index in [-0.39, 0.29) is 18.4 Å². The number of carbonyl (C=O) groups is 2. The van der Waals surface area contributed by atoms with E-state index < -0.39 is 0 Å². The zero-order valence-electron chi connectivity index (χ0n) is 18.0. The van der Waals surface area contributed by atoms with E-state index in [4.69, 9.17) is 4.74 Å². The van der Waals surface area contributed by atoms with E-state index in [1.165, 1.54) is 17.3 Å². The van der Waals surface area contributed by atoms with Gasteiger partial charge < -0.3 is 10.1 Å². The van der Waals surface area contributed by atoms with Gasteiger partial charge in [-0.15, -0.1) is 0 Å². The van der Waals surface area contributed by atoms with Crippen LogP contribution in [0.2, 0.25) is 0 Å². The molecule has 1 heterocycles. The lowest BCUT2D eigenvalue weighted by molar-refractivity contribution is -0.122. The SMILES string of the molecule is COc1ccc(/C=C2\Sc3ccccc3N(CC(=O)NCc3ccc(C)cc3)C2=O)cc1. The highest BCUT2D eigenvalue weighted by molar-refractivity contribution is 8.04. The van der Waals surface area contributed by atoms with Crippen LogP contribution in [0, 0.1) is 6.92 Å². The first-order valence-electron chi connectivity index (χ1n) is 10.3. The molecule has 0 bridgehead atoms. The van der Waals surface area contributed by atoms with E-state index in [0.29, 0.717) is 11.4 Å². The molecule has 0 radical (unpaired) electrons. The van der Waals surface area contributed by atoms with Gasteiger partial charge in [-0.3, -0.25) is 14.5 Å². The van der Waals surface area contributed by atoms with E-state index >= 15 is 0 Å². The number of para-hydroxylation sites is 1. The molecule has 1 aliphatic rings. The molecule has 0 spiro atoms. The van der Waals surface area contributed by atoms with Crippen LogP contribution in [-0.2, 0) is 16.1 Å². The summed E-state index contributed by atoms with van der Waals surface area (Å²) in [6, 6.07) is 23.2. The number of anilines is 1. The van der Waals surface area contributed by atoms with Crippen LogP contribution in [0.5, 0.6) is 5.75 Å². The maximum absolute atomic E-state index is 13.3. The van der Waals surface area contributed by atoms with Gasteiger partial charge >= 0.3 is 0 Å². The van der Waals surface area contributed by atoms with Crippen LogP contribution in [0.1, 0.15) is 16.7 Å². The van der Waals surface area contributed by atoms with Gasteiger partial charge in [-0.1, -0.05) is 65.9 Å². The molecule has 3 aromatic rings. The van der Waals surface area contributed by atoms with Gasteiger partial charge in [0.15, 0.2) is 0 Å². The van der Waals surface area contributed by atoms with Crippen molar-refractivity contribution in [1.29, 1.82) is 0 Å². The molecule has 0 saturated carbocycles. The maximum atomic E-state index is 13.3. The molecule has 0 unspecified atom stereocenters. The molecule has 3 aromatic carbocycles. The Morgan fingerprint density at radius 1 is 1.03 bits per heavy atom. The number of ether oxygens (including phenoxy) is 1. The Labute approximate surface area is 192 Å². The number of nitrogens with one attached hydrogen (secondary N) is 1. The Bertz CT molecular complexity index is 1150. The molecular weight excluding hydrogens is 420 g/mol. The number of rotatable bonds is 6. The second-order valence-corrected chi connectivity index (χ2v) is 8.59. The Morgan fingerprint density at radius 2 is 1.75 bits per heavy atom. The highest BCUT2D eigenvalue weighted by Crippen LogP contribution is 2.41. The Morgan fingerprint density at radius 3 is 2.47 bits per heavy atom. The Kier molecular flexibility index (Phi) is 6.61. The molecule has 5 nitrogen and oxygen atoms in total. The van der Waals surface area contributed by atoms with Crippen molar-refractivity contribution in [2.24, 2.45) is 0 Å². The van der Waals surface area contributed by atoms with Gasteiger partial charge in [0.2, 0.25) is 5.91 Å². The first-order valence-corrected chi connectivity index (χ1v) is 11.1. The average molecular weight is 445 g/mol. The molecular formula is C26H24N2O3S. The topological polar surface area (TPSA) is 58.6 Å². The van der Waals surface area contributed by atoms with Crippen molar-refractivity contribution in [2.75, 3.05) is 18.6 Å². The molecule has 6 heteroatoms. The summed E-state index contributed by atoms with van der Waals surface area (Å²) < 4.78 is 5.20. The second kappa shape index (κ2) is 9.75. The van der Waals surface area contributed by atoms with Crippen molar-refractivity contribution in [3.05, 3.63) is 94.4 Å². The summed E-state index contributed by atoms with van der Waals surface area (Å²) in [5, 5.41) is 2.92. The zero-order valence-corrected chi connectivity index (χ0v) is 18.8. The summed E-state index contributed by atoms with van der Waals surface area (Å²) in [6.45, 7) is 2.41. The van der Waals surface area contributed by atoms with Crippen LogP contribution in [0.15, 0.2) is 82.6 Å². The molecule has 162 valence electrons. The fourth-order valence-corrected chi connectivity index (χ4v) is 4.44. The van der Waals surface area contributed by atoms with Crippen LogP contribution in [0.25, 0.3) is 6.08 Å². The predicted molar refractivity (Wildman–Crippen MR) is 129 cm³/mol. The number of fused-ring (bicyclic) bond motifs is 1. The Balaban J connectivity index is 1.53. The van der Waals surface area contributed by atoms with Gasteiger partial charge in [0.05, 0.1) is 17.7 Å². The summed E-state index contributed by atoms with van der Waals surface area (Å²) in [5.74, 6) is 0.367. The zero-order chi connectivity index (χ0) is 22.5. The van der Waals surface area contributed by atoms with Crippen molar-refractivity contribution < 1.29 is 14.3 Å². The van der Waals surface area contributed by atoms with Gasteiger partial charge in [0, 0.05) is 11.4 Å². The van der Waals surface area contributed by atoms with Crippen LogP contribution in [-0.4, -0.2) is 25.5 Å². The molecule has 0 fully saturated rings. The van der Waals surface area contributed by atoms with Gasteiger partial charge in [0.25, 0.3) is 5.91 Å². The smallest absolute Gasteiger partial charge is 0.265 e. The molecule has 2 amide bonds. The van der Waals surface area contributed by atoms with Gasteiger partial charge in [-0.2, -0.15) is 0 Å². The number of methoxy groups -OCH3 is 1. The van der Waals surface area contributed by atoms with E-state index in [2.05, 4.69) is 5.32 Å². The lowest BCUT2D eigenvalue weighted by Crippen LogP contribution is -2.42. The van der Waals surface area contributed by atoms with Gasteiger partial charge in [0.1, 0.15) is 12.3 Å². The highest BCUT2D eigenvalue weighted by Gasteiger charge is 2.30. The minimum absolute atomic E-state index is 0.0395. The van der Waals surface area contributed by atoms with Crippen LogP contribution < -0.4 is 15.0 Å². The van der Waals surface area contributed by atoms with Gasteiger partial charge in [-0.25, -0.2) is 0 Å². The lowest BCUT2D eigenvalue weighted by Gasteiger charge is -2.29. The molecule has 0 saturated heterocycles. The summed E-state index contributed by atoms with van der Waals surface area (Å²) >= 11 is 1.42. The number of hydrogen-bond donors (Lipinski definition) is 1. The standard InChI is InChI=1S/C26H24N2O3S/c1-18-7-9-20(10-8-18)16-27-25(29)17-28-22-5-3-4-6-23(22)32-24(26(28)30)15-19-11-13-21(31-2)14-12-19/h3-15H,16-17H2,1-2H3,(H,27,29)/b24-15-. The lowest BCUT2D eigenvalue weighted by atomic mass is 10.1. The van der Waals surface area contributed by atoms with E-state index in [1.54, 1.807) is 12.0 Å². The largest absolute Gasteiger partial charge is 0.497 e. The van der Waals surface area contributed by atoms with Gasteiger partial charge in [-0.05, 0) is 48.4 Å². The summed E-state index contributed by atoms with van der Waals surface area (Å²) in [5.41, 5.74) is 3.83. The fraction of sp³-hybridized carbons (Fsp3) is 0.154. The number of nitrogens with zero attached hydrogens (tertiary/aromatic N) is 1. The normalized spacial score (nSPS) is 14.2. The summed E-state index contributed by atoms with van der Waals surface area (Å²) in [6.07, 6.45) is 1.85. The second-order valence-electron chi connectivity index (χ2n) is 7.51. The number of hydrogen-bond acceptors (Lipinski definition) is 4. The molecule has 0 aromatic heterocycles. The molecule has 0 atom stereocenters. The molecule has 4 rings (SSSR count). The van der Waals surface area contributed by atoms with E-state index in [1.807, 2.05) is 85.8 Å². The van der Waals surface area contributed by atoms with E-state index in [9.17, 15) is 9.59 Å². The first-order chi connectivity index (χ1) is 15.5. The maximum Gasteiger partial charge on any atom is 0.265 e. The van der Waals surface area contributed by atoms with Crippen LogP contribution in [0.4, 0.5) is 5.69 Å². The molecule has 1 N–H and O–H groups in total.